The first kappa shape index (κ1) is 48.6. The Morgan fingerprint density at radius 2 is 0.792 bits per heavy atom. The molecule has 0 radical (unpaired) electrons. The van der Waals surface area contributed by atoms with Gasteiger partial charge in [-0.1, -0.05) is 97.0 Å². The van der Waals surface area contributed by atoms with Crippen molar-refractivity contribution in [3.63, 3.8) is 0 Å². The van der Waals surface area contributed by atoms with Gasteiger partial charge in [-0.2, -0.15) is 0 Å². The van der Waals surface area contributed by atoms with E-state index in [9.17, 15) is 9.59 Å². The van der Waals surface area contributed by atoms with Gasteiger partial charge in [0.05, 0.1) is 52.9 Å². The molecule has 0 fully saturated rings. The highest BCUT2D eigenvalue weighted by molar-refractivity contribution is 5.69. The van der Waals surface area contributed by atoms with Crippen LogP contribution in [0.1, 0.15) is 148 Å². The van der Waals surface area contributed by atoms with Crippen LogP contribution in [0.4, 0.5) is 0 Å². The summed E-state index contributed by atoms with van der Waals surface area (Å²) in [5, 5.41) is 0. The molecule has 0 atom stereocenters. The van der Waals surface area contributed by atoms with Gasteiger partial charge in [-0.3, -0.25) is 9.59 Å². The summed E-state index contributed by atoms with van der Waals surface area (Å²) in [6, 6.07) is 6.06. The van der Waals surface area contributed by atoms with E-state index in [4.69, 9.17) is 37.9 Å². The van der Waals surface area contributed by atoms with Crippen LogP contribution in [0.15, 0.2) is 18.2 Å². The first-order valence-electron chi connectivity index (χ1n) is 21.0. The maximum atomic E-state index is 12.0. The van der Waals surface area contributed by atoms with Crippen molar-refractivity contribution in [3.05, 3.63) is 23.8 Å². The zero-order valence-corrected chi connectivity index (χ0v) is 33.9. The van der Waals surface area contributed by atoms with Crippen LogP contribution in [-0.2, 0) is 38.0 Å². The molecule has 0 unspecified atom stereocenters. The molecule has 10 heteroatoms. The number of carbonyl (C=O) groups is 2. The Hall–Kier alpha value is -2.40. The number of carbonyl (C=O) groups excluding carboxylic acids is 2. The molecule has 0 aliphatic carbocycles. The van der Waals surface area contributed by atoms with Gasteiger partial charge in [0.25, 0.3) is 0 Å². The van der Waals surface area contributed by atoms with Crippen LogP contribution in [0.5, 0.6) is 11.5 Å². The second-order valence-corrected chi connectivity index (χ2v) is 13.7. The largest absolute Gasteiger partial charge is 0.490 e. The standard InChI is InChI=1S/C43H76O10/c1-4-6-8-18-26-46-30-32-48-34-36-52-42(44)22-16-12-10-14-20-28-50-40-25-24-39(3)38-41(40)51-29-21-15-11-13-17-23-43(45)53-37-35-49-33-31-47-27-19-9-7-5-2/h24-25,38H,4-23,26-37H2,1-3H3. The maximum absolute atomic E-state index is 12.0. The van der Waals surface area contributed by atoms with Gasteiger partial charge in [-0.25, -0.2) is 0 Å². The monoisotopic (exact) mass is 753 g/mol. The Morgan fingerprint density at radius 3 is 1.28 bits per heavy atom. The number of ether oxygens (including phenoxy) is 8. The summed E-state index contributed by atoms with van der Waals surface area (Å²) in [5.74, 6) is 1.27. The van der Waals surface area contributed by atoms with Crippen LogP contribution in [0.3, 0.4) is 0 Å². The molecule has 0 saturated heterocycles. The molecule has 0 saturated carbocycles. The highest BCUT2D eigenvalue weighted by Gasteiger charge is 2.08. The Bertz CT molecular complexity index is 972. The van der Waals surface area contributed by atoms with Gasteiger partial charge in [-0.05, 0) is 63.1 Å². The molecule has 0 aliphatic rings. The summed E-state index contributed by atoms with van der Waals surface area (Å²) < 4.78 is 44.7. The van der Waals surface area contributed by atoms with Gasteiger partial charge in [0.2, 0.25) is 0 Å². The Labute approximate surface area is 322 Å². The van der Waals surface area contributed by atoms with Gasteiger partial charge in [0.1, 0.15) is 13.2 Å². The van der Waals surface area contributed by atoms with Crippen LogP contribution < -0.4 is 9.47 Å². The fourth-order valence-corrected chi connectivity index (χ4v) is 5.49. The second-order valence-electron chi connectivity index (χ2n) is 13.7. The number of unbranched alkanes of at least 4 members (excludes halogenated alkanes) is 14. The average molecular weight is 753 g/mol. The van der Waals surface area contributed by atoms with Gasteiger partial charge in [0.15, 0.2) is 11.5 Å². The Morgan fingerprint density at radius 1 is 0.415 bits per heavy atom. The predicted molar refractivity (Wildman–Crippen MR) is 211 cm³/mol. The minimum Gasteiger partial charge on any atom is -0.490 e. The molecule has 308 valence electrons. The van der Waals surface area contributed by atoms with E-state index in [1.807, 2.05) is 18.2 Å². The SMILES string of the molecule is CCCCCCOCCOCCOC(=O)CCCCCCCOc1ccc(C)cc1OCCCCCCCC(=O)OCCOCCOCCCCCC. The minimum atomic E-state index is -0.156. The molecule has 10 nitrogen and oxygen atoms in total. The fourth-order valence-electron chi connectivity index (χ4n) is 5.49. The van der Waals surface area contributed by atoms with E-state index >= 15 is 0 Å². The van der Waals surface area contributed by atoms with E-state index in [-0.39, 0.29) is 11.9 Å². The number of hydrogen-bond acceptors (Lipinski definition) is 10. The van der Waals surface area contributed by atoms with Crippen LogP contribution >= 0.6 is 0 Å². The van der Waals surface area contributed by atoms with Crippen molar-refractivity contribution < 1.29 is 47.5 Å². The smallest absolute Gasteiger partial charge is 0.305 e. The molecule has 1 aromatic rings. The fraction of sp³-hybridized carbons (Fsp3) is 0.814. The molecule has 0 N–H and O–H groups in total. The lowest BCUT2D eigenvalue weighted by atomic mass is 10.1. The van der Waals surface area contributed by atoms with Crippen molar-refractivity contribution in [2.24, 2.45) is 0 Å². The van der Waals surface area contributed by atoms with Crippen LogP contribution in [-0.4, -0.2) is 91.2 Å². The van der Waals surface area contributed by atoms with E-state index < -0.39 is 0 Å². The quantitative estimate of drug-likeness (QED) is 0.0475. The van der Waals surface area contributed by atoms with Crippen LogP contribution in [0, 0.1) is 6.92 Å². The van der Waals surface area contributed by atoms with E-state index in [0.29, 0.717) is 78.9 Å². The Kier molecular flexibility index (Phi) is 34.8. The average Bonchev–Trinajstić information content (AvgIpc) is 3.15. The first-order chi connectivity index (χ1) is 26.1. The second kappa shape index (κ2) is 37.9. The summed E-state index contributed by atoms with van der Waals surface area (Å²) >= 11 is 0. The molecular weight excluding hydrogens is 676 g/mol. The van der Waals surface area contributed by atoms with E-state index in [2.05, 4.69) is 20.8 Å². The molecule has 0 amide bonds. The molecule has 1 aromatic carbocycles. The van der Waals surface area contributed by atoms with Gasteiger partial charge in [-0.15, -0.1) is 0 Å². The van der Waals surface area contributed by atoms with E-state index in [0.717, 1.165) is 107 Å². The van der Waals surface area contributed by atoms with E-state index in [1.165, 1.54) is 38.5 Å². The number of rotatable bonds is 40. The lowest BCUT2D eigenvalue weighted by molar-refractivity contribution is -0.146. The van der Waals surface area contributed by atoms with Gasteiger partial charge in [0, 0.05) is 26.1 Å². The Balaban J connectivity index is 1.96. The van der Waals surface area contributed by atoms with Gasteiger partial charge < -0.3 is 37.9 Å². The van der Waals surface area contributed by atoms with Crippen molar-refractivity contribution in [2.75, 3.05) is 79.3 Å². The number of benzene rings is 1. The highest BCUT2D eigenvalue weighted by atomic mass is 16.6. The molecule has 0 bridgehead atoms. The normalized spacial score (nSPS) is 11.2. The molecule has 1 rings (SSSR count). The summed E-state index contributed by atoms with van der Waals surface area (Å²) in [4.78, 5) is 23.9. The highest BCUT2D eigenvalue weighted by Crippen LogP contribution is 2.29. The van der Waals surface area contributed by atoms with Crippen LogP contribution in [0.2, 0.25) is 0 Å². The van der Waals surface area contributed by atoms with Gasteiger partial charge >= 0.3 is 11.9 Å². The van der Waals surface area contributed by atoms with Crippen molar-refractivity contribution in [3.8, 4) is 11.5 Å². The summed E-state index contributed by atoms with van der Waals surface area (Å²) in [6.07, 6.45) is 20.3. The lowest BCUT2D eigenvalue weighted by Crippen LogP contribution is -2.13. The number of hydrogen-bond donors (Lipinski definition) is 0. The zero-order chi connectivity index (χ0) is 38.3. The van der Waals surface area contributed by atoms with Crippen molar-refractivity contribution >= 4 is 11.9 Å². The molecule has 0 heterocycles. The predicted octanol–water partition coefficient (Wildman–Crippen LogP) is 9.75. The zero-order valence-electron chi connectivity index (χ0n) is 33.9. The molecule has 0 aliphatic heterocycles. The molecular formula is C43H76O10. The molecule has 53 heavy (non-hydrogen) atoms. The lowest BCUT2D eigenvalue weighted by Gasteiger charge is -2.13. The summed E-state index contributed by atoms with van der Waals surface area (Å²) in [6.45, 7) is 12.9. The minimum absolute atomic E-state index is 0.156. The first-order valence-corrected chi connectivity index (χ1v) is 21.0. The maximum Gasteiger partial charge on any atom is 0.305 e. The molecule has 0 spiro atoms. The van der Waals surface area contributed by atoms with Crippen molar-refractivity contribution in [1.82, 2.24) is 0 Å². The summed E-state index contributed by atoms with van der Waals surface area (Å²) in [5.41, 5.74) is 1.14. The van der Waals surface area contributed by atoms with Crippen molar-refractivity contribution in [2.45, 2.75) is 149 Å². The van der Waals surface area contributed by atoms with Crippen LogP contribution in [0.25, 0.3) is 0 Å². The molecule has 0 aromatic heterocycles. The number of aryl methyl sites for hydroxylation is 1. The third-order valence-corrected chi connectivity index (χ3v) is 8.67. The third kappa shape index (κ3) is 32.7. The van der Waals surface area contributed by atoms with E-state index in [1.54, 1.807) is 0 Å². The topological polar surface area (TPSA) is 108 Å². The number of esters is 2. The summed E-state index contributed by atoms with van der Waals surface area (Å²) in [7, 11) is 0. The van der Waals surface area contributed by atoms with Crippen molar-refractivity contribution in [1.29, 1.82) is 0 Å². The third-order valence-electron chi connectivity index (χ3n) is 8.67.